The summed E-state index contributed by atoms with van der Waals surface area (Å²) in [5.74, 6) is 0.290. The Labute approximate surface area is 190 Å². The van der Waals surface area contributed by atoms with Gasteiger partial charge in [0.05, 0.1) is 27.8 Å². The van der Waals surface area contributed by atoms with E-state index in [1.165, 1.54) is 0 Å². The Hall–Kier alpha value is -2.73. The number of nitriles is 1. The lowest BCUT2D eigenvalue weighted by Gasteiger charge is -2.20. The molecule has 2 N–H and O–H groups in total. The topological polar surface area (TPSA) is 95.6 Å². The maximum absolute atomic E-state index is 12.6. The van der Waals surface area contributed by atoms with Crippen LogP contribution in [0.1, 0.15) is 46.7 Å². The zero-order valence-electron chi connectivity index (χ0n) is 17.1. The Morgan fingerprint density at radius 2 is 2.23 bits per heavy atom. The number of hydrogen-bond donors (Lipinski definition) is 2. The summed E-state index contributed by atoms with van der Waals surface area (Å²) in [6, 6.07) is 9.07. The lowest BCUT2D eigenvalue weighted by atomic mass is 9.99. The summed E-state index contributed by atoms with van der Waals surface area (Å²) in [6.45, 7) is 4.48. The lowest BCUT2D eigenvalue weighted by Crippen LogP contribution is -2.36. The maximum Gasteiger partial charge on any atom is 0.271 e. The maximum atomic E-state index is 12.6. The van der Waals surface area contributed by atoms with Crippen molar-refractivity contribution in [1.82, 2.24) is 25.4 Å². The number of halogens is 1. The number of hydrogen-bond acceptors (Lipinski definition) is 6. The van der Waals surface area contributed by atoms with Crippen LogP contribution in [-0.4, -0.2) is 39.8 Å². The van der Waals surface area contributed by atoms with Crippen LogP contribution in [0.25, 0.3) is 11.3 Å². The minimum atomic E-state index is -0.157. The monoisotopic (exact) mass is 454 g/mol. The predicted octanol–water partition coefficient (Wildman–Crippen LogP) is 3.82. The fourth-order valence-corrected chi connectivity index (χ4v) is 4.85. The van der Waals surface area contributed by atoms with E-state index in [1.807, 2.05) is 30.6 Å². The van der Waals surface area contributed by atoms with E-state index in [-0.39, 0.29) is 11.9 Å². The minimum Gasteiger partial charge on any atom is -0.346 e. The number of nitrogens with one attached hydrogen (secondary N) is 2. The number of benzene rings is 1. The Balaban J connectivity index is 1.35. The van der Waals surface area contributed by atoms with Crippen molar-refractivity contribution in [1.29, 1.82) is 5.26 Å². The molecule has 31 heavy (non-hydrogen) atoms. The first kappa shape index (κ1) is 21.5. The number of carbonyl (C=O) groups is 1. The van der Waals surface area contributed by atoms with Gasteiger partial charge in [-0.1, -0.05) is 17.7 Å². The van der Waals surface area contributed by atoms with E-state index in [0.29, 0.717) is 28.7 Å². The molecule has 160 valence electrons. The first-order valence-electron chi connectivity index (χ1n) is 10.2. The quantitative estimate of drug-likeness (QED) is 0.590. The van der Waals surface area contributed by atoms with Gasteiger partial charge in [-0.05, 0) is 51.1 Å². The average Bonchev–Trinajstić information content (AvgIpc) is 3.44. The van der Waals surface area contributed by atoms with Gasteiger partial charge in [-0.25, -0.2) is 4.98 Å². The smallest absolute Gasteiger partial charge is 0.271 e. The fraction of sp³-hybridized carbons (Fsp3) is 0.364. The van der Waals surface area contributed by atoms with E-state index < -0.39 is 0 Å². The van der Waals surface area contributed by atoms with Crippen molar-refractivity contribution >= 4 is 28.8 Å². The third kappa shape index (κ3) is 5.13. The minimum absolute atomic E-state index is 0.117. The van der Waals surface area contributed by atoms with Gasteiger partial charge in [0, 0.05) is 29.1 Å². The highest BCUT2D eigenvalue weighted by Gasteiger charge is 2.21. The van der Waals surface area contributed by atoms with Gasteiger partial charge in [-0.15, -0.1) is 11.3 Å². The van der Waals surface area contributed by atoms with Gasteiger partial charge in [-0.2, -0.15) is 10.4 Å². The standard InChI is InChI=1S/C22H23ClN6OS/c1-14(26-21(30)20-13-31-22(27-20)15-4-7-25-8-5-15)12-29-9-6-19(28-29)16-2-3-17(11-24)18(23)10-16/h2-3,6,9-10,13-15,25H,4-5,7-8,12H2,1H3,(H,26,30)/t14-/m0/s1. The van der Waals surface area contributed by atoms with Crippen LogP contribution in [-0.2, 0) is 6.54 Å². The second-order valence-electron chi connectivity index (χ2n) is 7.70. The number of rotatable bonds is 6. The average molecular weight is 455 g/mol. The van der Waals surface area contributed by atoms with Gasteiger partial charge in [0.1, 0.15) is 11.8 Å². The van der Waals surface area contributed by atoms with Crippen molar-refractivity contribution in [2.24, 2.45) is 0 Å². The third-order valence-electron chi connectivity index (χ3n) is 5.31. The van der Waals surface area contributed by atoms with Gasteiger partial charge in [0.25, 0.3) is 5.91 Å². The highest BCUT2D eigenvalue weighted by atomic mass is 35.5. The summed E-state index contributed by atoms with van der Waals surface area (Å²) < 4.78 is 1.79. The van der Waals surface area contributed by atoms with Crippen molar-refractivity contribution in [3.05, 3.63) is 57.1 Å². The van der Waals surface area contributed by atoms with E-state index in [1.54, 1.807) is 28.2 Å². The molecule has 1 amide bonds. The van der Waals surface area contributed by atoms with E-state index in [0.717, 1.165) is 42.2 Å². The normalized spacial score (nSPS) is 15.4. The number of amides is 1. The van der Waals surface area contributed by atoms with Gasteiger partial charge >= 0.3 is 0 Å². The molecule has 1 saturated heterocycles. The van der Waals surface area contributed by atoms with Crippen molar-refractivity contribution in [2.45, 2.75) is 38.3 Å². The van der Waals surface area contributed by atoms with Crippen LogP contribution in [0.15, 0.2) is 35.8 Å². The Morgan fingerprint density at radius 3 is 2.97 bits per heavy atom. The summed E-state index contributed by atoms with van der Waals surface area (Å²) in [6.07, 6.45) is 4.00. The van der Waals surface area contributed by atoms with Crippen LogP contribution in [0.3, 0.4) is 0 Å². The summed E-state index contributed by atoms with van der Waals surface area (Å²) in [5, 5.41) is 23.2. The highest BCUT2D eigenvalue weighted by molar-refractivity contribution is 7.09. The second-order valence-corrected chi connectivity index (χ2v) is 9.00. The van der Waals surface area contributed by atoms with Crippen LogP contribution in [0.2, 0.25) is 5.02 Å². The second kappa shape index (κ2) is 9.60. The summed E-state index contributed by atoms with van der Waals surface area (Å²) in [7, 11) is 0. The number of nitrogens with zero attached hydrogens (tertiary/aromatic N) is 4. The van der Waals surface area contributed by atoms with Crippen LogP contribution >= 0.6 is 22.9 Å². The molecule has 0 aliphatic carbocycles. The largest absolute Gasteiger partial charge is 0.346 e. The molecule has 0 spiro atoms. The molecular formula is C22H23ClN6OS. The number of carbonyl (C=O) groups excluding carboxylic acids is 1. The van der Waals surface area contributed by atoms with Gasteiger partial charge in [0.2, 0.25) is 0 Å². The molecule has 0 unspecified atom stereocenters. The van der Waals surface area contributed by atoms with Crippen LogP contribution in [0, 0.1) is 11.3 Å². The molecule has 9 heteroatoms. The number of aromatic nitrogens is 3. The van der Waals surface area contributed by atoms with Crippen molar-refractivity contribution in [2.75, 3.05) is 13.1 Å². The number of piperidine rings is 1. The zero-order chi connectivity index (χ0) is 21.8. The van der Waals surface area contributed by atoms with E-state index in [9.17, 15) is 4.79 Å². The van der Waals surface area contributed by atoms with Crippen molar-refractivity contribution in [3.63, 3.8) is 0 Å². The molecule has 1 aliphatic heterocycles. The zero-order valence-corrected chi connectivity index (χ0v) is 18.7. The van der Waals surface area contributed by atoms with Crippen molar-refractivity contribution < 1.29 is 4.79 Å². The molecule has 0 bridgehead atoms. The van der Waals surface area contributed by atoms with E-state index in [2.05, 4.69) is 26.8 Å². The molecule has 1 atom stereocenters. The molecule has 7 nitrogen and oxygen atoms in total. The molecule has 4 rings (SSSR count). The van der Waals surface area contributed by atoms with Gasteiger partial charge < -0.3 is 10.6 Å². The predicted molar refractivity (Wildman–Crippen MR) is 121 cm³/mol. The fourth-order valence-electron chi connectivity index (χ4n) is 3.65. The van der Waals surface area contributed by atoms with Gasteiger partial charge in [0.15, 0.2) is 0 Å². The summed E-state index contributed by atoms with van der Waals surface area (Å²) >= 11 is 7.70. The van der Waals surface area contributed by atoms with Crippen LogP contribution in [0.5, 0.6) is 0 Å². The van der Waals surface area contributed by atoms with Crippen molar-refractivity contribution in [3.8, 4) is 17.3 Å². The first-order valence-corrected chi connectivity index (χ1v) is 11.5. The molecule has 1 aliphatic rings. The Bertz CT molecular complexity index is 1110. The molecule has 0 saturated carbocycles. The summed E-state index contributed by atoms with van der Waals surface area (Å²) in [4.78, 5) is 17.2. The highest BCUT2D eigenvalue weighted by Crippen LogP contribution is 2.28. The van der Waals surface area contributed by atoms with Gasteiger partial charge in [-0.3, -0.25) is 9.48 Å². The Kier molecular flexibility index (Phi) is 6.66. The Morgan fingerprint density at radius 1 is 1.42 bits per heavy atom. The van der Waals surface area contributed by atoms with Crippen LogP contribution in [0.4, 0.5) is 0 Å². The van der Waals surface area contributed by atoms with Crippen LogP contribution < -0.4 is 10.6 Å². The lowest BCUT2D eigenvalue weighted by molar-refractivity contribution is 0.0931. The number of thiazole rings is 1. The molecule has 3 aromatic rings. The summed E-state index contributed by atoms with van der Waals surface area (Å²) in [5.41, 5.74) is 2.52. The SMILES string of the molecule is C[C@@H](Cn1ccc(-c2ccc(C#N)c(Cl)c2)n1)NC(=O)c1csc(C2CCNCC2)n1. The first-order chi connectivity index (χ1) is 15.0. The molecular weight excluding hydrogens is 432 g/mol. The molecule has 0 radical (unpaired) electrons. The molecule has 2 aromatic heterocycles. The van der Waals surface area contributed by atoms with E-state index >= 15 is 0 Å². The molecule has 1 fully saturated rings. The molecule has 1 aromatic carbocycles. The van der Waals surface area contributed by atoms with E-state index in [4.69, 9.17) is 16.9 Å². The third-order valence-corrected chi connectivity index (χ3v) is 6.63. The molecule has 3 heterocycles.